The average molecular weight is 461 g/mol. The first-order valence-corrected chi connectivity index (χ1v) is 11.9. The molecule has 2 aromatic rings. The van der Waals surface area contributed by atoms with Crippen molar-refractivity contribution < 1.29 is 27.5 Å². The second kappa shape index (κ2) is 10.7. The highest BCUT2D eigenvalue weighted by molar-refractivity contribution is 7.89. The van der Waals surface area contributed by atoms with Crippen molar-refractivity contribution in [1.29, 1.82) is 0 Å². The Morgan fingerprint density at radius 2 is 1.75 bits per heavy atom. The number of carbonyl (C=O) groups is 2. The smallest absolute Gasteiger partial charge is 0.338 e. The van der Waals surface area contributed by atoms with E-state index in [1.54, 1.807) is 24.3 Å². The molecule has 9 heteroatoms. The van der Waals surface area contributed by atoms with Crippen molar-refractivity contribution in [1.82, 2.24) is 4.31 Å². The molecule has 1 aliphatic rings. The van der Waals surface area contributed by atoms with Crippen molar-refractivity contribution in [2.75, 3.05) is 44.8 Å². The molecule has 0 aromatic heterocycles. The van der Waals surface area contributed by atoms with Gasteiger partial charge in [-0.3, -0.25) is 4.79 Å². The van der Waals surface area contributed by atoms with E-state index in [0.717, 1.165) is 0 Å². The summed E-state index contributed by atoms with van der Waals surface area (Å²) in [5.41, 5.74) is 1.41. The number of nitrogens with zero attached hydrogens (tertiary/aromatic N) is 1. The first kappa shape index (κ1) is 23.9. The van der Waals surface area contributed by atoms with Crippen molar-refractivity contribution in [2.45, 2.75) is 18.7 Å². The normalized spacial score (nSPS) is 14.8. The average Bonchev–Trinajstić information content (AvgIpc) is 2.81. The van der Waals surface area contributed by atoms with Gasteiger partial charge in [-0.25, -0.2) is 13.2 Å². The van der Waals surface area contributed by atoms with Crippen LogP contribution in [0.3, 0.4) is 0 Å². The molecule has 172 valence electrons. The van der Waals surface area contributed by atoms with Crippen LogP contribution in [0.2, 0.25) is 0 Å². The van der Waals surface area contributed by atoms with Gasteiger partial charge in [-0.05, 0) is 48.4 Å². The summed E-state index contributed by atoms with van der Waals surface area (Å²) in [5, 5.41) is 3.00. The lowest BCUT2D eigenvalue weighted by Gasteiger charge is -2.26. The molecule has 1 fully saturated rings. The quantitative estimate of drug-likeness (QED) is 0.453. The van der Waals surface area contributed by atoms with Crippen LogP contribution in [0, 0.1) is 5.92 Å². The zero-order valence-electron chi connectivity index (χ0n) is 18.2. The van der Waals surface area contributed by atoms with Gasteiger partial charge >= 0.3 is 5.97 Å². The summed E-state index contributed by atoms with van der Waals surface area (Å²) < 4.78 is 37.2. The van der Waals surface area contributed by atoms with Gasteiger partial charge in [0, 0.05) is 24.3 Å². The lowest BCUT2D eigenvalue weighted by atomic mass is 10.1. The molecule has 0 spiro atoms. The lowest BCUT2D eigenvalue weighted by Crippen LogP contribution is -2.40. The van der Waals surface area contributed by atoms with Crippen molar-refractivity contribution in [3.63, 3.8) is 0 Å². The molecule has 0 aliphatic carbocycles. The number of ketones is 1. The highest BCUT2D eigenvalue weighted by atomic mass is 32.2. The van der Waals surface area contributed by atoms with Crippen LogP contribution in [0.15, 0.2) is 53.4 Å². The summed E-state index contributed by atoms with van der Waals surface area (Å²) in [5.74, 6) is -0.369. The molecule has 32 heavy (non-hydrogen) atoms. The summed E-state index contributed by atoms with van der Waals surface area (Å²) in [6.07, 6.45) is 0. The lowest BCUT2D eigenvalue weighted by molar-refractivity contribution is 0.0459. The third-order valence-corrected chi connectivity index (χ3v) is 6.80. The van der Waals surface area contributed by atoms with Crippen LogP contribution in [0.1, 0.15) is 34.6 Å². The Bertz CT molecular complexity index is 1040. The van der Waals surface area contributed by atoms with E-state index in [-0.39, 0.29) is 23.1 Å². The van der Waals surface area contributed by atoms with Crippen LogP contribution in [-0.4, -0.2) is 63.9 Å². The van der Waals surface area contributed by atoms with Crippen LogP contribution in [0.5, 0.6) is 0 Å². The first-order chi connectivity index (χ1) is 15.3. The van der Waals surface area contributed by atoms with E-state index >= 15 is 0 Å². The Morgan fingerprint density at radius 1 is 1.06 bits per heavy atom. The van der Waals surface area contributed by atoms with Gasteiger partial charge in [0.15, 0.2) is 5.78 Å². The van der Waals surface area contributed by atoms with Crippen LogP contribution in [-0.2, 0) is 19.5 Å². The van der Waals surface area contributed by atoms with Gasteiger partial charge in [0.05, 0.1) is 36.8 Å². The highest BCUT2D eigenvalue weighted by Gasteiger charge is 2.26. The second-order valence-corrected chi connectivity index (χ2v) is 9.83. The van der Waals surface area contributed by atoms with Crippen molar-refractivity contribution in [3.05, 3.63) is 59.7 Å². The Hall–Kier alpha value is -2.75. The molecule has 0 saturated carbocycles. The summed E-state index contributed by atoms with van der Waals surface area (Å²) in [7, 11) is -3.60. The standard InChI is InChI=1S/C23H28N2O6S/c1-17(2)16-31-23(27)19-4-3-5-20(14-19)24-15-22(26)18-6-8-21(9-7-18)32(28,29)25-10-12-30-13-11-25/h3-9,14,17,24H,10-13,15-16H2,1-2H3. The molecule has 0 unspecified atom stereocenters. The van der Waals surface area contributed by atoms with Crippen LogP contribution in [0.4, 0.5) is 5.69 Å². The first-order valence-electron chi connectivity index (χ1n) is 10.5. The summed E-state index contributed by atoms with van der Waals surface area (Å²) in [6, 6.07) is 12.7. The van der Waals surface area contributed by atoms with Crippen LogP contribution < -0.4 is 5.32 Å². The summed E-state index contributed by atoms with van der Waals surface area (Å²) in [4.78, 5) is 24.8. The molecule has 3 rings (SSSR count). The van der Waals surface area contributed by atoms with E-state index in [4.69, 9.17) is 9.47 Å². The molecule has 2 aromatic carbocycles. The number of esters is 1. The minimum Gasteiger partial charge on any atom is -0.462 e. The Morgan fingerprint density at radius 3 is 2.41 bits per heavy atom. The van der Waals surface area contributed by atoms with Gasteiger partial charge in [0.25, 0.3) is 0 Å². The number of anilines is 1. The third-order valence-electron chi connectivity index (χ3n) is 4.88. The third kappa shape index (κ3) is 6.15. The van der Waals surface area contributed by atoms with Crippen LogP contribution in [0.25, 0.3) is 0 Å². The predicted octanol–water partition coefficient (Wildman–Crippen LogP) is 2.82. The largest absolute Gasteiger partial charge is 0.462 e. The SMILES string of the molecule is CC(C)COC(=O)c1cccc(NCC(=O)c2ccc(S(=O)(=O)N3CCOCC3)cc2)c1. The monoisotopic (exact) mass is 460 g/mol. The maximum absolute atomic E-state index is 12.7. The number of hydrogen-bond acceptors (Lipinski definition) is 7. The fraction of sp³-hybridized carbons (Fsp3) is 0.391. The molecular weight excluding hydrogens is 432 g/mol. The van der Waals surface area contributed by atoms with Crippen molar-refractivity contribution in [3.8, 4) is 0 Å². The molecule has 1 saturated heterocycles. The fourth-order valence-electron chi connectivity index (χ4n) is 3.12. The molecular formula is C23H28N2O6S. The van der Waals surface area contributed by atoms with Gasteiger partial charge in [-0.15, -0.1) is 0 Å². The minimum absolute atomic E-state index is 0.0000551. The molecule has 1 aliphatic heterocycles. The number of sulfonamides is 1. The maximum Gasteiger partial charge on any atom is 0.338 e. The molecule has 1 heterocycles. The number of benzene rings is 2. The topological polar surface area (TPSA) is 102 Å². The maximum atomic E-state index is 12.7. The van der Waals surface area contributed by atoms with Gasteiger partial charge in [0.2, 0.25) is 10.0 Å². The number of carbonyl (C=O) groups excluding carboxylic acids is 2. The van der Waals surface area contributed by atoms with E-state index < -0.39 is 16.0 Å². The zero-order chi connectivity index (χ0) is 23.1. The van der Waals surface area contributed by atoms with Crippen molar-refractivity contribution in [2.24, 2.45) is 5.92 Å². The van der Waals surface area contributed by atoms with Crippen molar-refractivity contribution >= 4 is 27.5 Å². The number of hydrogen-bond donors (Lipinski definition) is 1. The van der Waals surface area contributed by atoms with Gasteiger partial charge in [0.1, 0.15) is 0 Å². The Balaban J connectivity index is 1.59. The van der Waals surface area contributed by atoms with E-state index in [0.29, 0.717) is 49.7 Å². The summed E-state index contributed by atoms with van der Waals surface area (Å²) >= 11 is 0. The number of morpholine rings is 1. The molecule has 0 radical (unpaired) electrons. The molecule has 1 N–H and O–H groups in total. The number of nitrogens with one attached hydrogen (secondary N) is 1. The minimum atomic E-state index is -3.60. The Kier molecular flexibility index (Phi) is 8.00. The van der Waals surface area contributed by atoms with E-state index in [2.05, 4.69) is 5.32 Å². The van der Waals surface area contributed by atoms with Gasteiger partial charge < -0.3 is 14.8 Å². The number of Topliss-reactive ketones (excluding diaryl/α,β-unsaturated/α-hetero) is 1. The molecule has 0 bridgehead atoms. The van der Waals surface area contributed by atoms with Gasteiger partial charge in [-0.2, -0.15) is 4.31 Å². The van der Waals surface area contributed by atoms with E-state index in [1.807, 2.05) is 13.8 Å². The van der Waals surface area contributed by atoms with E-state index in [9.17, 15) is 18.0 Å². The highest BCUT2D eigenvalue weighted by Crippen LogP contribution is 2.18. The molecule has 0 atom stereocenters. The summed E-state index contributed by atoms with van der Waals surface area (Å²) in [6.45, 7) is 5.64. The van der Waals surface area contributed by atoms with E-state index in [1.165, 1.54) is 28.6 Å². The fourth-order valence-corrected chi connectivity index (χ4v) is 4.52. The van der Waals surface area contributed by atoms with Crippen LogP contribution >= 0.6 is 0 Å². The predicted molar refractivity (Wildman–Crippen MR) is 120 cm³/mol. The van der Waals surface area contributed by atoms with Gasteiger partial charge in [-0.1, -0.05) is 19.9 Å². The number of rotatable bonds is 9. The molecule has 0 amide bonds. The Labute approximate surface area is 188 Å². The molecule has 8 nitrogen and oxygen atoms in total. The zero-order valence-corrected chi connectivity index (χ0v) is 19.1. The second-order valence-electron chi connectivity index (χ2n) is 7.89. The number of ether oxygens (including phenoxy) is 2.